The number of rotatable bonds is 8. The molecular formula is C19H22O5. The first kappa shape index (κ1) is 18.0. The smallest absolute Gasteiger partial charge is 0.431 e. The highest BCUT2D eigenvalue weighted by atomic mass is 16.7. The average Bonchev–Trinajstić information content (AvgIpc) is 2.64. The molecule has 0 aliphatic heterocycles. The molecule has 2 aromatic rings. The monoisotopic (exact) mass is 330 g/mol. The molecule has 0 aromatic heterocycles. The van der Waals surface area contributed by atoms with Crippen LogP contribution in [-0.2, 0) is 18.9 Å². The van der Waals surface area contributed by atoms with Gasteiger partial charge in [0.2, 0.25) is 0 Å². The van der Waals surface area contributed by atoms with Crippen LogP contribution in [0.15, 0.2) is 60.7 Å². The Labute approximate surface area is 142 Å². The van der Waals surface area contributed by atoms with E-state index >= 15 is 0 Å². The third-order valence-electron chi connectivity index (χ3n) is 3.62. The number of benzene rings is 2. The van der Waals surface area contributed by atoms with Crippen LogP contribution < -0.4 is 0 Å². The molecule has 0 N–H and O–H groups in total. The molecule has 0 amide bonds. The summed E-state index contributed by atoms with van der Waals surface area (Å²) in [6.07, 6.45) is -1.40. The fourth-order valence-electron chi connectivity index (χ4n) is 2.27. The van der Waals surface area contributed by atoms with Gasteiger partial charge in [0.1, 0.15) is 25.4 Å². The molecule has 0 heterocycles. The number of methoxy groups -OCH3 is 2. The quantitative estimate of drug-likeness (QED) is 0.687. The molecule has 0 saturated heterocycles. The molecule has 0 fully saturated rings. The zero-order valence-electron chi connectivity index (χ0n) is 13.9. The summed E-state index contributed by atoms with van der Waals surface area (Å²) >= 11 is 0. The highest BCUT2D eigenvalue weighted by Crippen LogP contribution is 2.18. The third kappa shape index (κ3) is 5.37. The Hall–Kier alpha value is -2.37. The average molecular weight is 330 g/mol. The number of hydrogen-bond acceptors (Lipinski definition) is 5. The number of hydrogen-bond donors (Lipinski definition) is 0. The number of ether oxygens (including phenoxy) is 4. The maximum atomic E-state index is 11.8. The van der Waals surface area contributed by atoms with Crippen LogP contribution in [0.5, 0.6) is 0 Å². The van der Waals surface area contributed by atoms with E-state index in [4.69, 9.17) is 18.9 Å². The van der Waals surface area contributed by atoms with Gasteiger partial charge < -0.3 is 18.9 Å². The summed E-state index contributed by atoms with van der Waals surface area (Å²) in [5.74, 6) is 0. The summed E-state index contributed by atoms with van der Waals surface area (Å²) in [7, 11) is 3.14. The minimum atomic E-state index is -0.744. The minimum Gasteiger partial charge on any atom is -0.431 e. The van der Waals surface area contributed by atoms with E-state index in [1.54, 1.807) is 14.2 Å². The zero-order chi connectivity index (χ0) is 17.2. The first-order valence-electron chi connectivity index (χ1n) is 7.69. The predicted octanol–water partition coefficient (Wildman–Crippen LogP) is 3.92. The highest BCUT2D eigenvalue weighted by molar-refractivity contribution is 5.59. The standard InChI is InChI=1S/C19H22O5/c1-21-17(15-9-5-3-6-10-15)13-23-19(20)24-14-18(22-2)16-11-7-4-8-12-16/h3-12,17-18H,13-14H2,1-2H3/t17-,18+. The van der Waals surface area contributed by atoms with Crippen molar-refractivity contribution in [1.29, 1.82) is 0 Å². The van der Waals surface area contributed by atoms with Crippen LogP contribution in [0.2, 0.25) is 0 Å². The van der Waals surface area contributed by atoms with Gasteiger partial charge in [-0.2, -0.15) is 0 Å². The van der Waals surface area contributed by atoms with Gasteiger partial charge in [0.15, 0.2) is 0 Å². The minimum absolute atomic E-state index is 0.0856. The molecule has 2 atom stereocenters. The molecule has 0 aliphatic carbocycles. The molecule has 0 saturated carbocycles. The van der Waals surface area contributed by atoms with Crippen molar-refractivity contribution in [1.82, 2.24) is 0 Å². The molecular weight excluding hydrogens is 308 g/mol. The summed E-state index contributed by atoms with van der Waals surface area (Å²) < 4.78 is 21.0. The van der Waals surface area contributed by atoms with E-state index in [-0.39, 0.29) is 25.4 Å². The lowest BCUT2D eigenvalue weighted by atomic mass is 10.1. The number of carbonyl (C=O) groups excluding carboxylic acids is 1. The summed E-state index contributed by atoms with van der Waals surface area (Å²) in [6, 6.07) is 19.1. The van der Waals surface area contributed by atoms with Gasteiger partial charge in [0, 0.05) is 14.2 Å². The molecule has 2 rings (SSSR count). The van der Waals surface area contributed by atoms with Crippen LogP contribution in [0.3, 0.4) is 0 Å². The molecule has 0 bridgehead atoms. The SMILES string of the molecule is CO[C@@H](COC(=O)OC[C@@H](OC)c1ccccc1)c1ccccc1. The van der Waals surface area contributed by atoms with Crippen molar-refractivity contribution in [2.75, 3.05) is 27.4 Å². The van der Waals surface area contributed by atoms with Crippen molar-refractivity contribution in [3.8, 4) is 0 Å². The lowest BCUT2D eigenvalue weighted by Crippen LogP contribution is -2.18. The lowest BCUT2D eigenvalue weighted by Gasteiger charge is -2.18. The Bertz CT molecular complexity index is 546. The van der Waals surface area contributed by atoms with Gasteiger partial charge in [0.25, 0.3) is 0 Å². The second kappa shape index (κ2) is 9.70. The molecule has 24 heavy (non-hydrogen) atoms. The van der Waals surface area contributed by atoms with E-state index in [1.165, 1.54) is 0 Å². The maximum Gasteiger partial charge on any atom is 0.508 e. The van der Waals surface area contributed by atoms with Crippen LogP contribution >= 0.6 is 0 Å². The molecule has 0 radical (unpaired) electrons. The highest BCUT2D eigenvalue weighted by Gasteiger charge is 2.17. The van der Waals surface area contributed by atoms with Crippen LogP contribution in [0.25, 0.3) is 0 Å². The van der Waals surface area contributed by atoms with E-state index in [9.17, 15) is 4.79 Å². The van der Waals surface area contributed by atoms with Crippen molar-refractivity contribution < 1.29 is 23.7 Å². The van der Waals surface area contributed by atoms with Crippen LogP contribution in [0, 0.1) is 0 Å². The topological polar surface area (TPSA) is 54.0 Å². The first-order chi connectivity index (χ1) is 11.7. The van der Waals surface area contributed by atoms with Gasteiger partial charge in [-0.05, 0) is 11.1 Å². The summed E-state index contributed by atoms with van der Waals surface area (Å²) in [4.78, 5) is 11.8. The third-order valence-corrected chi connectivity index (χ3v) is 3.62. The molecule has 0 unspecified atom stereocenters. The molecule has 2 aromatic carbocycles. The van der Waals surface area contributed by atoms with Crippen LogP contribution in [0.1, 0.15) is 23.3 Å². The van der Waals surface area contributed by atoms with Crippen LogP contribution in [0.4, 0.5) is 4.79 Å². The lowest BCUT2D eigenvalue weighted by molar-refractivity contribution is -0.0214. The maximum absolute atomic E-state index is 11.8. The van der Waals surface area contributed by atoms with Gasteiger partial charge in [-0.15, -0.1) is 0 Å². The van der Waals surface area contributed by atoms with Gasteiger partial charge in [-0.1, -0.05) is 60.7 Å². The van der Waals surface area contributed by atoms with Crippen molar-refractivity contribution >= 4 is 6.16 Å². The molecule has 0 spiro atoms. The Kier molecular flexibility index (Phi) is 7.26. The van der Waals surface area contributed by atoms with Crippen molar-refractivity contribution in [3.63, 3.8) is 0 Å². The van der Waals surface area contributed by atoms with Gasteiger partial charge in [-0.3, -0.25) is 0 Å². The van der Waals surface area contributed by atoms with Crippen molar-refractivity contribution in [3.05, 3.63) is 71.8 Å². The predicted molar refractivity (Wildman–Crippen MR) is 89.7 cm³/mol. The second-order valence-corrected chi connectivity index (χ2v) is 5.14. The van der Waals surface area contributed by atoms with Gasteiger partial charge >= 0.3 is 6.16 Å². The fourth-order valence-corrected chi connectivity index (χ4v) is 2.27. The summed E-state index contributed by atoms with van der Waals surface area (Å²) in [6.45, 7) is 0.171. The Morgan fingerprint density at radius 3 is 1.46 bits per heavy atom. The van der Waals surface area contributed by atoms with Crippen molar-refractivity contribution in [2.45, 2.75) is 12.2 Å². The number of carbonyl (C=O) groups is 1. The normalized spacial score (nSPS) is 13.1. The summed E-state index contributed by atoms with van der Waals surface area (Å²) in [5.41, 5.74) is 1.87. The van der Waals surface area contributed by atoms with E-state index in [0.717, 1.165) is 11.1 Å². The van der Waals surface area contributed by atoms with E-state index in [2.05, 4.69) is 0 Å². The Balaban J connectivity index is 1.80. The largest absolute Gasteiger partial charge is 0.508 e. The molecule has 128 valence electrons. The van der Waals surface area contributed by atoms with E-state index in [1.807, 2.05) is 60.7 Å². The molecule has 5 heteroatoms. The first-order valence-corrected chi connectivity index (χ1v) is 7.69. The molecule has 0 aliphatic rings. The zero-order valence-corrected chi connectivity index (χ0v) is 13.9. The van der Waals surface area contributed by atoms with Crippen LogP contribution in [-0.4, -0.2) is 33.6 Å². The van der Waals surface area contributed by atoms with Gasteiger partial charge in [-0.25, -0.2) is 4.79 Å². The second-order valence-electron chi connectivity index (χ2n) is 5.14. The fraction of sp³-hybridized carbons (Fsp3) is 0.316. The van der Waals surface area contributed by atoms with Gasteiger partial charge in [0.05, 0.1) is 0 Å². The Morgan fingerprint density at radius 1 is 0.750 bits per heavy atom. The Morgan fingerprint density at radius 2 is 1.12 bits per heavy atom. The summed E-state index contributed by atoms with van der Waals surface area (Å²) in [5, 5.41) is 0. The van der Waals surface area contributed by atoms with E-state index in [0.29, 0.717) is 0 Å². The molecule has 5 nitrogen and oxygen atoms in total. The van der Waals surface area contributed by atoms with Crippen molar-refractivity contribution in [2.24, 2.45) is 0 Å². The van der Waals surface area contributed by atoms with E-state index < -0.39 is 6.16 Å².